The van der Waals surface area contributed by atoms with Crippen LogP contribution >= 0.6 is 0 Å². The predicted octanol–water partition coefficient (Wildman–Crippen LogP) is 1.93. The monoisotopic (exact) mass is 289 g/mol. The summed E-state index contributed by atoms with van der Waals surface area (Å²) in [6, 6.07) is 3.80. The van der Waals surface area contributed by atoms with Crippen molar-refractivity contribution in [2.24, 2.45) is 4.99 Å². The van der Waals surface area contributed by atoms with Crippen LogP contribution in [0, 0.1) is 6.92 Å². The summed E-state index contributed by atoms with van der Waals surface area (Å²) in [5.41, 5.74) is 1.19. The van der Waals surface area contributed by atoms with Gasteiger partial charge in [-0.15, -0.1) is 0 Å². The Morgan fingerprint density at radius 3 is 3.00 bits per heavy atom. The minimum Gasteiger partial charge on any atom is -0.467 e. The molecule has 2 rings (SSSR count). The van der Waals surface area contributed by atoms with E-state index < -0.39 is 0 Å². The SMILES string of the molecule is CCNC(=NCc1ccco1)NCCCn1cc(C)cn1. The van der Waals surface area contributed by atoms with Crippen LogP contribution in [0.1, 0.15) is 24.7 Å². The van der Waals surface area contributed by atoms with Gasteiger partial charge in [0.25, 0.3) is 0 Å². The first-order valence-corrected chi connectivity index (χ1v) is 7.31. The molecule has 0 saturated heterocycles. The Balaban J connectivity index is 1.73. The van der Waals surface area contributed by atoms with Crippen LogP contribution in [0.3, 0.4) is 0 Å². The lowest BCUT2D eigenvalue weighted by Crippen LogP contribution is -2.38. The quantitative estimate of drug-likeness (QED) is 0.464. The van der Waals surface area contributed by atoms with E-state index in [0.29, 0.717) is 6.54 Å². The molecule has 0 aliphatic rings. The first-order chi connectivity index (χ1) is 10.3. The summed E-state index contributed by atoms with van der Waals surface area (Å²) in [6.45, 7) is 7.23. The fourth-order valence-corrected chi connectivity index (χ4v) is 1.94. The molecule has 2 aromatic rings. The number of aryl methyl sites for hydroxylation is 2. The number of nitrogens with zero attached hydrogens (tertiary/aromatic N) is 3. The minimum atomic E-state index is 0.542. The van der Waals surface area contributed by atoms with Crippen LogP contribution in [0.5, 0.6) is 0 Å². The summed E-state index contributed by atoms with van der Waals surface area (Å²) < 4.78 is 7.24. The zero-order chi connectivity index (χ0) is 14.9. The van der Waals surface area contributed by atoms with Crippen molar-refractivity contribution in [1.29, 1.82) is 0 Å². The Hall–Kier alpha value is -2.24. The van der Waals surface area contributed by atoms with Gasteiger partial charge >= 0.3 is 0 Å². The van der Waals surface area contributed by atoms with Gasteiger partial charge in [-0.2, -0.15) is 5.10 Å². The van der Waals surface area contributed by atoms with Gasteiger partial charge in [-0.25, -0.2) is 4.99 Å². The minimum absolute atomic E-state index is 0.542. The highest BCUT2D eigenvalue weighted by atomic mass is 16.3. The van der Waals surface area contributed by atoms with Crippen molar-refractivity contribution < 1.29 is 4.42 Å². The highest BCUT2D eigenvalue weighted by molar-refractivity contribution is 5.79. The summed E-state index contributed by atoms with van der Waals surface area (Å²) in [6.07, 6.45) is 6.59. The molecule has 0 fully saturated rings. The molecule has 2 N–H and O–H groups in total. The molecule has 0 aromatic carbocycles. The van der Waals surface area contributed by atoms with E-state index in [9.17, 15) is 0 Å². The van der Waals surface area contributed by atoms with E-state index in [1.807, 2.05) is 29.9 Å². The normalized spacial score (nSPS) is 11.6. The maximum atomic E-state index is 5.27. The van der Waals surface area contributed by atoms with Crippen LogP contribution < -0.4 is 10.6 Å². The Bertz CT molecular complexity index is 544. The number of hydrogen-bond donors (Lipinski definition) is 2. The Morgan fingerprint density at radius 1 is 1.43 bits per heavy atom. The van der Waals surface area contributed by atoms with E-state index in [2.05, 4.69) is 33.8 Å². The number of aromatic nitrogens is 2. The van der Waals surface area contributed by atoms with E-state index in [1.165, 1.54) is 5.56 Å². The van der Waals surface area contributed by atoms with Crippen LogP contribution in [0.25, 0.3) is 0 Å². The maximum absolute atomic E-state index is 5.27. The third kappa shape index (κ3) is 5.33. The second-order valence-electron chi connectivity index (χ2n) is 4.84. The Kier molecular flexibility index (Phi) is 5.87. The van der Waals surface area contributed by atoms with Gasteiger partial charge in [-0.05, 0) is 38.0 Å². The number of furan rings is 1. The molecular formula is C15H23N5O. The molecular weight excluding hydrogens is 266 g/mol. The van der Waals surface area contributed by atoms with E-state index in [0.717, 1.165) is 37.8 Å². The van der Waals surface area contributed by atoms with Crippen molar-refractivity contribution in [3.63, 3.8) is 0 Å². The van der Waals surface area contributed by atoms with Gasteiger partial charge in [-0.1, -0.05) is 0 Å². The van der Waals surface area contributed by atoms with Crippen LogP contribution in [-0.4, -0.2) is 28.8 Å². The lowest BCUT2D eigenvalue weighted by atomic mass is 10.4. The van der Waals surface area contributed by atoms with Crippen LogP contribution in [-0.2, 0) is 13.1 Å². The summed E-state index contributed by atoms with van der Waals surface area (Å²) in [7, 11) is 0. The summed E-state index contributed by atoms with van der Waals surface area (Å²) in [5, 5.41) is 10.8. The third-order valence-electron chi connectivity index (χ3n) is 2.94. The molecule has 6 nitrogen and oxygen atoms in total. The zero-order valence-electron chi connectivity index (χ0n) is 12.7. The second kappa shape index (κ2) is 8.14. The number of rotatable bonds is 7. The zero-order valence-corrected chi connectivity index (χ0v) is 12.7. The predicted molar refractivity (Wildman–Crippen MR) is 83.1 cm³/mol. The van der Waals surface area contributed by atoms with Gasteiger partial charge in [-0.3, -0.25) is 4.68 Å². The summed E-state index contributed by atoms with van der Waals surface area (Å²) >= 11 is 0. The lowest BCUT2D eigenvalue weighted by molar-refractivity contribution is 0.511. The van der Waals surface area contributed by atoms with Gasteiger partial charge < -0.3 is 15.1 Å². The first-order valence-electron chi connectivity index (χ1n) is 7.31. The maximum Gasteiger partial charge on any atom is 0.191 e. The smallest absolute Gasteiger partial charge is 0.191 e. The molecule has 0 bridgehead atoms. The number of guanidine groups is 1. The van der Waals surface area contributed by atoms with Gasteiger partial charge in [0.05, 0.1) is 12.5 Å². The lowest BCUT2D eigenvalue weighted by Gasteiger charge is -2.10. The fourth-order valence-electron chi connectivity index (χ4n) is 1.94. The van der Waals surface area contributed by atoms with Crippen molar-refractivity contribution in [2.75, 3.05) is 13.1 Å². The van der Waals surface area contributed by atoms with Gasteiger partial charge in [0, 0.05) is 25.8 Å². The first kappa shape index (κ1) is 15.2. The standard InChI is InChI=1S/C15H23N5O/c1-3-16-15(18-11-14-6-4-9-21-14)17-7-5-8-20-12-13(2)10-19-20/h4,6,9-10,12H,3,5,7-8,11H2,1-2H3,(H2,16,17,18). The molecule has 114 valence electrons. The molecule has 0 atom stereocenters. The molecule has 2 aromatic heterocycles. The Labute approximate surface area is 125 Å². The topological polar surface area (TPSA) is 67.4 Å². The Morgan fingerprint density at radius 2 is 2.33 bits per heavy atom. The van der Waals surface area contributed by atoms with Crippen molar-refractivity contribution in [2.45, 2.75) is 33.4 Å². The third-order valence-corrected chi connectivity index (χ3v) is 2.94. The van der Waals surface area contributed by atoms with Crippen molar-refractivity contribution in [3.05, 3.63) is 42.1 Å². The van der Waals surface area contributed by atoms with Crippen molar-refractivity contribution in [3.8, 4) is 0 Å². The number of aliphatic imine (C=N–C) groups is 1. The average Bonchev–Trinajstić information content (AvgIpc) is 3.12. The van der Waals surface area contributed by atoms with Crippen LogP contribution in [0.2, 0.25) is 0 Å². The van der Waals surface area contributed by atoms with E-state index in [1.54, 1.807) is 6.26 Å². The second-order valence-corrected chi connectivity index (χ2v) is 4.84. The molecule has 0 radical (unpaired) electrons. The molecule has 0 aliphatic heterocycles. The summed E-state index contributed by atoms with van der Waals surface area (Å²) in [5.74, 6) is 1.67. The molecule has 0 spiro atoms. The molecule has 0 amide bonds. The van der Waals surface area contributed by atoms with Gasteiger partial charge in [0.2, 0.25) is 0 Å². The van der Waals surface area contributed by atoms with Gasteiger partial charge in [0.1, 0.15) is 12.3 Å². The highest BCUT2D eigenvalue weighted by Crippen LogP contribution is 2.01. The molecule has 0 unspecified atom stereocenters. The van der Waals surface area contributed by atoms with Gasteiger partial charge in [0.15, 0.2) is 5.96 Å². The molecule has 0 saturated carbocycles. The molecule has 6 heteroatoms. The fraction of sp³-hybridized carbons (Fsp3) is 0.467. The number of hydrogen-bond acceptors (Lipinski definition) is 3. The van der Waals surface area contributed by atoms with E-state index in [-0.39, 0.29) is 0 Å². The summed E-state index contributed by atoms with van der Waals surface area (Å²) in [4.78, 5) is 4.48. The number of nitrogens with one attached hydrogen (secondary N) is 2. The largest absolute Gasteiger partial charge is 0.467 e. The van der Waals surface area contributed by atoms with Crippen molar-refractivity contribution in [1.82, 2.24) is 20.4 Å². The van der Waals surface area contributed by atoms with E-state index in [4.69, 9.17) is 4.42 Å². The molecule has 2 heterocycles. The van der Waals surface area contributed by atoms with Crippen LogP contribution in [0.4, 0.5) is 0 Å². The van der Waals surface area contributed by atoms with E-state index >= 15 is 0 Å². The molecule has 0 aliphatic carbocycles. The van der Waals surface area contributed by atoms with Crippen LogP contribution in [0.15, 0.2) is 40.2 Å². The molecule has 21 heavy (non-hydrogen) atoms. The highest BCUT2D eigenvalue weighted by Gasteiger charge is 1.99. The van der Waals surface area contributed by atoms with Crippen molar-refractivity contribution >= 4 is 5.96 Å². The average molecular weight is 289 g/mol.